The topological polar surface area (TPSA) is 50.4 Å². The predicted octanol–water partition coefficient (Wildman–Crippen LogP) is 4.22. The average molecular weight is 307 g/mol. The van der Waals surface area contributed by atoms with Crippen LogP contribution in [-0.2, 0) is 6.42 Å². The van der Waals surface area contributed by atoms with Crippen molar-refractivity contribution >= 4 is 5.65 Å². The van der Waals surface area contributed by atoms with Crippen LogP contribution >= 0.6 is 0 Å². The van der Waals surface area contributed by atoms with Crippen LogP contribution in [0.3, 0.4) is 0 Å². The van der Waals surface area contributed by atoms with Crippen molar-refractivity contribution in [3.8, 4) is 17.0 Å². The maximum absolute atomic E-state index is 9.46. The Bertz CT molecular complexity index is 801. The summed E-state index contributed by atoms with van der Waals surface area (Å²) < 4.78 is 1.92. The Hall–Kier alpha value is -2.36. The second-order valence-electron chi connectivity index (χ2n) is 6.49. The van der Waals surface area contributed by atoms with E-state index in [9.17, 15) is 5.11 Å². The molecule has 0 atom stereocenters. The minimum absolute atomic E-state index is 0.272. The second-order valence-corrected chi connectivity index (χ2v) is 6.49. The molecular formula is C19H21N3O. The average Bonchev–Trinajstić information content (AvgIpc) is 3.00. The third-order valence-corrected chi connectivity index (χ3v) is 4.80. The molecule has 4 heteroatoms. The normalized spacial score (nSPS) is 16.0. The molecule has 3 aromatic rings. The van der Waals surface area contributed by atoms with E-state index in [1.807, 2.05) is 22.8 Å². The highest BCUT2D eigenvalue weighted by molar-refractivity contribution is 5.63. The molecule has 23 heavy (non-hydrogen) atoms. The Morgan fingerprint density at radius 2 is 1.78 bits per heavy atom. The lowest BCUT2D eigenvalue weighted by Crippen LogP contribution is -2.11. The Kier molecular flexibility index (Phi) is 3.74. The molecular weight excluding hydrogens is 286 g/mol. The largest absolute Gasteiger partial charge is 0.508 e. The Balaban J connectivity index is 1.66. The zero-order valence-corrected chi connectivity index (χ0v) is 13.2. The highest BCUT2D eigenvalue weighted by Crippen LogP contribution is 2.27. The van der Waals surface area contributed by atoms with Crippen LogP contribution in [0, 0.1) is 5.92 Å². The van der Waals surface area contributed by atoms with Gasteiger partial charge in [-0.05, 0) is 48.7 Å². The zero-order valence-electron chi connectivity index (χ0n) is 13.2. The lowest BCUT2D eigenvalue weighted by molar-refractivity contribution is 0.353. The van der Waals surface area contributed by atoms with Gasteiger partial charge in [-0.2, -0.15) is 5.10 Å². The fourth-order valence-corrected chi connectivity index (χ4v) is 3.54. The number of aromatic nitrogens is 3. The molecule has 1 aliphatic rings. The molecule has 1 saturated carbocycles. The molecule has 0 aliphatic heterocycles. The molecule has 0 amide bonds. The van der Waals surface area contributed by atoms with Crippen LogP contribution in [0.2, 0.25) is 0 Å². The van der Waals surface area contributed by atoms with Gasteiger partial charge in [0.25, 0.3) is 0 Å². The first-order chi connectivity index (χ1) is 11.3. The van der Waals surface area contributed by atoms with E-state index in [4.69, 9.17) is 5.10 Å². The van der Waals surface area contributed by atoms with E-state index in [0.717, 1.165) is 34.9 Å². The van der Waals surface area contributed by atoms with E-state index in [2.05, 4.69) is 17.1 Å². The number of phenolic OH excluding ortho intramolecular Hbond substituents is 1. The molecule has 4 rings (SSSR count). The molecule has 1 fully saturated rings. The second kappa shape index (κ2) is 6.03. The molecule has 0 bridgehead atoms. The SMILES string of the molecule is Oc1ccc(-c2cnc3ccc(CC4CCCCC4)nn23)cc1. The van der Waals surface area contributed by atoms with Crippen molar-refractivity contribution in [1.82, 2.24) is 14.6 Å². The van der Waals surface area contributed by atoms with Crippen LogP contribution in [0.5, 0.6) is 5.75 Å². The summed E-state index contributed by atoms with van der Waals surface area (Å²) in [7, 11) is 0. The van der Waals surface area contributed by atoms with Crippen molar-refractivity contribution in [1.29, 1.82) is 0 Å². The summed E-state index contributed by atoms with van der Waals surface area (Å²) in [5.74, 6) is 1.04. The predicted molar refractivity (Wildman–Crippen MR) is 90.4 cm³/mol. The van der Waals surface area contributed by atoms with E-state index in [0.29, 0.717) is 0 Å². The van der Waals surface area contributed by atoms with Gasteiger partial charge in [0.15, 0.2) is 5.65 Å². The summed E-state index contributed by atoms with van der Waals surface area (Å²) in [6, 6.07) is 11.3. The maximum Gasteiger partial charge on any atom is 0.154 e. The fourth-order valence-electron chi connectivity index (χ4n) is 3.54. The van der Waals surface area contributed by atoms with Crippen LogP contribution in [-0.4, -0.2) is 19.7 Å². The fraction of sp³-hybridized carbons (Fsp3) is 0.368. The molecule has 1 aromatic carbocycles. The molecule has 118 valence electrons. The number of hydrogen-bond donors (Lipinski definition) is 1. The molecule has 4 nitrogen and oxygen atoms in total. The van der Waals surface area contributed by atoms with Gasteiger partial charge in [0.2, 0.25) is 0 Å². The lowest BCUT2D eigenvalue weighted by Gasteiger charge is -2.20. The minimum Gasteiger partial charge on any atom is -0.508 e. The van der Waals surface area contributed by atoms with Crippen molar-refractivity contribution in [3.63, 3.8) is 0 Å². The van der Waals surface area contributed by atoms with Gasteiger partial charge < -0.3 is 5.11 Å². The van der Waals surface area contributed by atoms with Crippen molar-refractivity contribution in [3.05, 3.63) is 48.3 Å². The van der Waals surface area contributed by atoms with Gasteiger partial charge >= 0.3 is 0 Å². The van der Waals surface area contributed by atoms with Gasteiger partial charge in [-0.15, -0.1) is 0 Å². The zero-order chi connectivity index (χ0) is 15.6. The minimum atomic E-state index is 0.272. The molecule has 1 aliphatic carbocycles. The van der Waals surface area contributed by atoms with E-state index < -0.39 is 0 Å². The summed E-state index contributed by atoms with van der Waals surface area (Å²) in [5, 5.41) is 14.3. The van der Waals surface area contributed by atoms with Gasteiger partial charge in [0, 0.05) is 5.56 Å². The number of fused-ring (bicyclic) bond motifs is 1. The summed E-state index contributed by atoms with van der Waals surface area (Å²) >= 11 is 0. The summed E-state index contributed by atoms with van der Waals surface area (Å²) in [5.41, 5.74) is 3.98. The third-order valence-electron chi connectivity index (χ3n) is 4.80. The molecule has 2 heterocycles. The number of aromatic hydroxyl groups is 1. The van der Waals surface area contributed by atoms with Crippen LogP contribution in [0.4, 0.5) is 0 Å². The van der Waals surface area contributed by atoms with Crippen LogP contribution in [0.15, 0.2) is 42.6 Å². The van der Waals surface area contributed by atoms with E-state index in [1.165, 1.54) is 32.1 Å². The monoisotopic (exact) mass is 307 g/mol. The molecule has 0 spiro atoms. The highest BCUT2D eigenvalue weighted by Gasteiger charge is 2.15. The van der Waals surface area contributed by atoms with Crippen molar-refractivity contribution in [2.45, 2.75) is 38.5 Å². The number of benzene rings is 1. The van der Waals surface area contributed by atoms with Gasteiger partial charge in [-0.1, -0.05) is 32.1 Å². The quantitative estimate of drug-likeness (QED) is 0.788. The Morgan fingerprint density at radius 3 is 2.57 bits per heavy atom. The Morgan fingerprint density at radius 1 is 1.00 bits per heavy atom. The number of phenols is 1. The van der Waals surface area contributed by atoms with Crippen molar-refractivity contribution < 1.29 is 5.11 Å². The van der Waals surface area contributed by atoms with Gasteiger partial charge in [-0.25, -0.2) is 9.50 Å². The first kappa shape index (κ1) is 14.2. The molecule has 2 aromatic heterocycles. The third kappa shape index (κ3) is 2.93. The number of rotatable bonds is 3. The summed E-state index contributed by atoms with van der Waals surface area (Å²) in [4.78, 5) is 4.44. The lowest BCUT2D eigenvalue weighted by atomic mass is 9.86. The smallest absolute Gasteiger partial charge is 0.154 e. The van der Waals surface area contributed by atoms with Gasteiger partial charge in [0.1, 0.15) is 5.75 Å². The van der Waals surface area contributed by atoms with Crippen molar-refractivity contribution in [2.24, 2.45) is 5.92 Å². The van der Waals surface area contributed by atoms with E-state index in [1.54, 1.807) is 12.1 Å². The van der Waals surface area contributed by atoms with Gasteiger partial charge in [-0.3, -0.25) is 0 Å². The maximum atomic E-state index is 9.46. The van der Waals surface area contributed by atoms with Gasteiger partial charge in [0.05, 0.1) is 17.6 Å². The number of nitrogens with zero attached hydrogens (tertiary/aromatic N) is 3. The van der Waals surface area contributed by atoms with Crippen LogP contribution < -0.4 is 0 Å². The molecule has 1 N–H and O–H groups in total. The van der Waals surface area contributed by atoms with Crippen molar-refractivity contribution in [2.75, 3.05) is 0 Å². The van der Waals surface area contributed by atoms with E-state index >= 15 is 0 Å². The first-order valence-electron chi connectivity index (χ1n) is 8.43. The Labute approximate surface area is 135 Å². The molecule has 0 saturated heterocycles. The van der Waals surface area contributed by atoms with Crippen LogP contribution in [0.25, 0.3) is 16.9 Å². The summed E-state index contributed by atoms with van der Waals surface area (Å²) in [6.45, 7) is 0. The van der Waals surface area contributed by atoms with Crippen LogP contribution in [0.1, 0.15) is 37.8 Å². The highest BCUT2D eigenvalue weighted by atomic mass is 16.3. The first-order valence-corrected chi connectivity index (χ1v) is 8.43. The number of hydrogen-bond acceptors (Lipinski definition) is 3. The standard InChI is InChI=1S/C19H21N3O/c23-17-9-6-15(7-10-17)18-13-20-19-11-8-16(21-22(18)19)12-14-4-2-1-3-5-14/h6-11,13-14,23H,1-5,12H2. The number of imidazole rings is 1. The summed E-state index contributed by atoms with van der Waals surface area (Å²) in [6.07, 6.45) is 9.66. The molecule has 0 radical (unpaired) electrons. The molecule has 0 unspecified atom stereocenters. The van der Waals surface area contributed by atoms with E-state index in [-0.39, 0.29) is 5.75 Å².